The summed E-state index contributed by atoms with van der Waals surface area (Å²) in [5, 5.41) is 11.3. The van der Waals surface area contributed by atoms with Gasteiger partial charge in [-0.2, -0.15) is 0 Å². The van der Waals surface area contributed by atoms with E-state index in [0.29, 0.717) is 12.0 Å². The third kappa shape index (κ3) is 1.74. The second-order valence-electron chi connectivity index (χ2n) is 4.61. The standard InChI is InChI=1S/C11H15N5O/c12-11(17)8-1-2-10(15-14-8)16-4-3-7-5-13-6-9(7)16/h1-2,7,9,13H,3-6H2,(H2,12,17)/t7-,9+/m0/s1. The molecule has 2 aliphatic rings. The number of amides is 1. The van der Waals surface area contributed by atoms with Gasteiger partial charge in [0.1, 0.15) is 0 Å². The van der Waals surface area contributed by atoms with Gasteiger partial charge in [0.2, 0.25) is 0 Å². The van der Waals surface area contributed by atoms with Crippen LogP contribution in [0.3, 0.4) is 0 Å². The van der Waals surface area contributed by atoms with Crippen LogP contribution in [0.2, 0.25) is 0 Å². The zero-order valence-electron chi connectivity index (χ0n) is 9.47. The van der Waals surface area contributed by atoms with Crippen molar-refractivity contribution < 1.29 is 4.79 Å². The molecule has 2 saturated heterocycles. The summed E-state index contributed by atoms with van der Waals surface area (Å²) in [5.41, 5.74) is 5.35. The molecule has 6 nitrogen and oxygen atoms in total. The van der Waals surface area contributed by atoms with Crippen LogP contribution in [-0.4, -0.2) is 41.8 Å². The Morgan fingerprint density at radius 3 is 3.00 bits per heavy atom. The zero-order valence-corrected chi connectivity index (χ0v) is 9.47. The van der Waals surface area contributed by atoms with E-state index in [-0.39, 0.29) is 5.69 Å². The molecule has 3 rings (SSSR count). The molecule has 2 aliphatic heterocycles. The van der Waals surface area contributed by atoms with Gasteiger partial charge in [-0.1, -0.05) is 0 Å². The van der Waals surface area contributed by atoms with Gasteiger partial charge in [-0.15, -0.1) is 10.2 Å². The maximum Gasteiger partial charge on any atom is 0.269 e. The Morgan fingerprint density at radius 1 is 1.41 bits per heavy atom. The van der Waals surface area contributed by atoms with Gasteiger partial charge in [-0.25, -0.2) is 0 Å². The number of rotatable bonds is 2. The second-order valence-corrected chi connectivity index (χ2v) is 4.61. The van der Waals surface area contributed by atoms with Gasteiger partial charge in [-0.05, 0) is 24.5 Å². The summed E-state index contributed by atoms with van der Waals surface area (Å²) in [7, 11) is 0. The Hall–Kier alpha value is -1.69. The van der Waals surface area contributed by atoms with E-state index in [1.165, 1.54) is 6.42 Å². The predicted molar refractivity (Wildman–Crippen MR) is 62.7 cm³/mol. The number of fused-ring (bicyclic) bond motifs is 1. The van der Waals surface area contributed by atoms with Gasteiger partial charge >= 0.3 is 0 Å². The quantitative estimate of drug-likeness (QED) is 0.710. The van der Waals surface area contributed by atoms with E-state index in [1.807, 2.05) is 6.07 Å². The van der Waals surface area contributed by atoms with Crippen molar-refractivity contribution in [3.63, 3.8) is 0 Å². The molecule has 1 amide bonds. The molecule has 0 aliphatic carbocycles. The number of primary amides is 1. The highest BCUT2D eigenvalue weighted by molar-refractivity contribution is 5.90. The van der Waals surface area contributed by atoms with Crippen LogP contribution in [0.4, 0.5) is 5.82 Å². The lowest BCUT2D eigenvalue weighted by molar-refractivity contribution is 0.0994. The predicted octanol–water partition coefficient (Wildman–Crippen LogP) is -0.626. The molecular weight excluding hydrogens is 218 g/mol. The topological polar surface area (TPSA) is 84.1 Å². The summed E-state index contributed by atoms with van der Waals surface area (Å²) in [4.78, 5) is 13.2. The van der Waals surface area contributed by atoms with Crippen LogP contribution < -0.4 is 16.0 Å². The van der Waals surface area contributed by atoms with E-state index in [2.05, 4.69) is 20.4 Å². The number of hydrogen-bond donors (Lipinski definition) is 2. The fraction of sp³-hybridized carbons (Fsp3) is 0.545. The lowest BCUT2D eigenvalue weighted by atomic mass is 10.1. The summed E-state index contributed by atoms with van der Waals surface area (Å²) >= 11 is 0. The smallest absolute Gasteiger partial charge is 0.269 e. The molecule has 2 atom stereocenters. The Balaban J connectivity index is 1.82. The van der Waals surface area contributed by atoms with Gasteiger partial charge in [-0.3, -0.25) is 4.79 Å². The molecule has 1 aromatic heterocycles. The van der Waals surface area contributed by atoms with Gasteiger partial charge in [0.25, 0.3) is 5.91 Å². The number of nitrogens with zero attached hydrogens (tertiary/aromatic N) is 3. The van der Waals surface area contributed by atoms with Crippen LogP contribution in [-0.2, 0) is 0 Å². The molecule has 0 radical (unpaired) electrons. The van der Waals surface area contributed by atoms with Crippen molar-refractivity contribution in [3.8, 4) is 0 Å². The van der Waals surface area contributed by atoms with Gasteiger partial charge in [0.15, 0.2) is 11.5 Å². The number of carbonyl (C=O) groups is 1. The number of aromatic nitrogens is 2. The Morgan fingerprint density at radius 2 is 2.29 bits per heavy atom. The van der Waals surface area contributed by atoms with Crippen LogP contribution in [0.5, 0.6) is 0 Å². The maximum atomic E-state index is 10.9. The highest BCUT2D eigenvalue weighted by atomic mass is 16.1. The first-order valence-corrected chi connectivity index (χ1v) is 5.86. The summed E-state index contributed by atoms with van der Waals surface area (Å²) < 4.78 is 0. The summed E-state index contributed by atoms with van der Waals surface area (Å²) in [6, 6.07) is 3.98. The Bertz CT molecular complexity index is 432. The van der Waals surface area contributed by atoms with Crippen molar-refractivity contribution in [2.24, 2.45) is 11.7 Å². The first-order chi connectivity index (χ1) is 8.25. The van der Waals surface area contributed by atoms with E-state index in [9.17, 15) is 4.79 Å². The molecule has 3 N–H and O–H groups in total. The lowest BCUT2D eigenvalue weighted by Gasteiger charge is -2.23. The second kappa shape index (κ2) is 3.96. The van der Waals surface area contributed by atoms with Crippen molar-refractivity contribution in [2.75, 3.05) is 24.5 Å². The van der Waals surface area contributed by atoms with Crippen LogP contribution in [0.15, 0.2) is 12.1 Å². The summed E-state index contributed by atoms with van der Waals surface area (Å²) in [6.07, 6.45) is 1.19. The molecule has 1 aromatic rings. The molecule has 0 unspecified atom stereocenters. The highest BCUT2D eigenvalue weighted by Crippen LogP contribution is 2.30. The van der Waals surface area contributed by atoms with Crippen LogP contribution in [0, 0.1) is 5.92 Å². The normalized spacial score (nSPS) is 27.2. The van der Waals surface area contributed by atoms with Crippen molar-refractivity contribution >= 4 is 11.7 Å². The highest BCUT2D eigenvalue weighted by Gasteiger charge is 2.38. The van der Waals surface area contributed by atoms with Crippen molar-refractivity contribution in [3.05, 3.63) is 17.8 Å². The largest absolute Gasteiger partial charge is 0.364 e. The third-order valence-electron chi connectivity index (χ3n) is 3.64. The van der Waals surface area contributed by atoms with Crippen molar-refractivity contribution in [1.82, 2.24) is 15.5 Å². The fourth-order valence-corrected chi connectivity index (χ4v) is 2.74. The Labute approximate surface area is 99.2 Å². The molecule has 0 saturated carbocycles. The minimum atomic E-state index is -0.536. The fourth-order valence-electron chi connectivity index (χ4n) is 2.74. The molecule has 0 bridgehead atoms. The lowest BCUT2D eigenvalue weighted by Crippen LogP contribution is -2.35. The molecule has 0 aromatic carbocycles. The minimum Gasteiger partial charge on any atom is -0.364 e. The Kier molecular flexibility index (Phi) is 2.44. The van der Waals surface area contributed by atoms with Crippen LogP contribution in [0.25, 0.3) is 0 Å². The number of hydrogen-bond acceptors (Lipinski definition) is 5. The molecule has 17 heavy (non-hydrogen) atoms. The molecule has 90 valence electrons. The first-order valence-electron chi connectivity index (χ1n) is 5.86. The number of anilines is 1. The molecule has 6 heteroatoms. The molecule has 3 heterocycles. The number of nitrogens with two attached hydrogens (primary N) is 1. The monoisotopic (exact) mass is 233 g/mol. The van der Waals surface area contributed by atoms with Crippen molar-refractivity contribution in [1.29, 1.82) is 0 Å². The first kappa shape index (κ1) is 10.5. The summed E-state index contributed by atoms with van der Waals surface area (Å²) in [5.74, 6) is 1.02. The molecule has 2 fully saturated rings. The maximum absolute atomic E-state index is 10.9. The third-order valence-corrected chi connectivity index (χ3v) is 3.64. The molecule has 0 spiro atoms. The van der Waals surface area contributed by atoms with Crippen LogP contribution in [0.1, 0.15) is 16.9 Å². The SMILES string of the molecule is NC(=O)c1ccc(N2CC[C@H]3CNC[C@H]32)nn1. The van der Waals surface area contributed by atoms with E-state index in [4.69, 9.17) is 5.73 Å². The average Bonchev–Trinajstić information content (AvgIpc) is 2.90. The van der Waals surface area contributed by atoms with Crippen molar-refractivity contribution in [2.45, 2.75) is 12.5 Å². The average molecular weight is 233 g/mol. The summed E-state index contributed by atoms with van der Waals surface area (Å²) in [6.45, 7) is 3.11. The van der Waals surface area contributed by atoms with E-state index in [0.717, 1.165) is 25.5 Å². The number of carbonyl (C=O) groups excluding carboxylic acids is 1. The zero-order chi connectivity index (χ0) is 11.8. The van der Waals surface area contributed by atoms with Gasteiger partial charge in [0.05, 0.1) is 0 Å². The van der Waals surface area contributed by atoms with Gasteiger partial charge in [0, 0.05) is 25.7 Å². The molecular formula is C11H15N5O. The van der Waals surface area contributed by atoms with E-state index >= 15 is 0 Å². The van der Waals surface area contributed by atoms with Gasteiger partial charge < -0.3 is 16.0 Å². The number of nitrogens with one attached hydrogen (secondary N) is 1. The van der Waals surface area contributed by atoms with E-state index < -0.39 is 5.91 Å². The van der Waals surface area contributed by atoms with E-state index in [1.54, 1.807) is 6.07 Å². The van der Waals surface area contributed by atoms with Crippen LogP contribution >= 0.6 is 0 Å². The minimum absolute atomic E-state index is 0.217.